The van der Waals surface area contributed by atoms with Crippen LogP contribution in [-0.4, -0.2) is 12.5 Å². The van der Waals surface area contributed by atoms with Gasteiger partial charge in [0.05, 0.1) is 6.54 Å². The van der Waals surface area contributed by atoms with E-state index < -0.39 is 0 Å². The van der Waals surface area contributed by atoms with Crippen molar-refractivity contribution in [3.05, 3.63) is 58.8 Å². The van der Waals surface area contributed by atoms with Gasteiger partial charge in [0, 0.05) is 15.8 Å². The van der Waals surface area contributed by atoms with Gasteiger partial charge in [-0.05, 0) is 42.5 Å². The van der Waals surface area contributed by atoms with Crippen molar-refractivity contribution in [1.29, 1.82) is 0 Å². The molecule has 98 valence electrons. The third-order valence-electron chi connectivity index (χ3n) is 2.41. The number of anilines is 2. The van der Waals surface area contributed by atoms with Crippen molar-refractivity contribution < 1.29 is 9.18 Å². The third-order valence-corrected chi connectivity index (χ3v) is 2.90. The maximum absolute atomic E-state index is 12.7. The molecule has 3 nitrogen and oxygen atoms in total. The molecule has 0 bridgehead atoms. The molecule has 0 aliphatic heterocycles. The second-order valence-electron chi connectivity index (χ2n) is 3.92. The fourth-order valence-electron chi connectivity index (χ4n) is 1.52. The summed E-state index contributed by atoms with van der Waals surface area (Å²) >= 11 is 3.35. The molecule has 1 amide bonds. The number of hydrogen-bond donors (Lipinski definition) is 2. The summed E-state index contributed by atoms with van der Waals surface area (Å²) in [7, 11) is 0. The van der Waals surface area contributed by atoms with Crippen molar-refractivity contribution in [3.8, 4) is 0 Å². The fourth-order valence-corrected chi connectivity index (χ4v) is 1.92. The van der Waals surface area contributed by atoms with Crippen molar-refractivity contribution in [1.82, 2.24) is 0 Å². The number of carbonyl (C=O) groups is 1. The Balaban J connectivity index is 1.86. The minimum atomic E-state index is -0.328. The zero-order valence-corrected chi connectivity index (χ0v) is 11.6. The van der Waals surface area contributed by atoms with Crippen LogP contribution in [0.25, 0.3) is 0 Å². The van der Waals surface area contributed by atoms with Gasteiger partial charge in [0.2, 0.25) is 5.91 Å². The van der Waals surface area contributed by atoms with Crippen LogP contribution in [0.4, 0.5) is 15.8 Å². The first kappa shape index (κ1) is 13.5. The average Bonchev–Trinajstić information content (AvgIpc) is 2.39. The van der Waals surface area contributed by atoms with E-state index in [2.05, 4.69) is 26.6 Å². The molecule has 2 aromatic rings. The summed E-state index contributed by atoms with van der Waals surface area (Å²) in [5.74, 6) is -0.517. The van der Waals surface area contributed by atoms with Gasteiger partial charge >= 0.3 is 0 Å². The molecule has 0 spiro atoms. The quantitative estimate of drug-likeness (QED) is 0.902. The van der Waals surface area contributed by atoms with Crippen molar-refractivity contribution >= 4 is 33.2 Å². The highest BCUT2D eigenvalue weighted by Gasteiger charge is 2.02. The molecule has 2 N–H and O–H groups in total. The zero-order chi connectivity index (χ0) is 13.7. The van der Waals surface area contributed by atoms with E-state index in [1.54, 1.807) is 0 Å². The Hall–Kier alpha value is -1.88. The van der Waals surface area contributed by atoms with E-state index in [0.29, 0.717) is 5.69 Å². The van der Waals surface area contributed by atoms with E-state index in [4.69, 9.17) is 0 Å². The molecule has 0 heterocycles. The van der Waals surface area contributed by atoms with Gasteiger partial charge in [-0.1, -0.05) is 22.0 Å². The number of halogens is 2. The lowest BCUT2D eigenvalue weighted by Gasteiger charge is -2.08. The van der Waals surface area contributed by atoms with Gasteiger partial charge in [-0.3, -0.25) is 4.79 Å². The number of benzene rings is 2. The highest BCUT2D eigenvalue weighted by Crippen LogP contribution is 2.15. The van der Waals surface area contributed by atoms with Gasteiger partial charge in [0.25, 0.3) is 0 Å². The topological polar surface area (TPSA) is 41.1 Å². The molecule has 0 radical (unpaired) electrons. The molecule has 0 aliphatic rings. The lowest BCUT2D eigenvalue weighted by molar-refractivity contribution is -0.114. The van der Waals surface area contributed by atoms with Crippen LogP contribution in [-0.2, 0) is 4.79 Å². The molecular weight excluding hydrogens is 311 g/mol. The average molecular weight is 323 g/mol. The molecule has 0 atom stereocenters. The third kappa shape index (κ3) is 4.37. The summed E-state index contributed by atoms with van der Waals surface area (Å²) in [6.07, 6.45) is 0. The first-order valence-corrected chi connectivity index (χ1v) is 6.47. The van der Waals surface area contributed by atoms with E-state index >= 15 is 0 Å². The van der Waals surface area contributed by atoms with Crippen molar-refractivity contribution in [2.75, 3.05) is 17.2 Å². The fraction of sp³-hybridized carbons (Fsp3) is 0.0714. The van der Waals surface area contributed by atoms with Crippen LogP contribution in [0.1, 0.15) is 0 Å². The van der Waals surface area contributed by atoms with E-state index in [0.717, 1.165) is 10.2 Å². The molecule has 0 saturated heterocycles. The van der Waals surface area contributed by atoms with Gasteiger partial charge in [0.15, 0.2) is 0 Å². The number of carbonyl (C=O) groups excluding carboxylic acids is 1. The van der Waals surface area contributed by atoms with Crippen molar-refractivity contribution in [2.45, 2.75) is 0 Å². The van der Waals surface area contributed by atoms with Crippen LogP contribution < -0.4 is 10.6 Å². The molecule has 5 heteroatoms. The Labute approximate surface area is 119 Å². The second-order valence-corrected chi connectivity index (χ2v) is 4.83. The molecule has 2 aromatic carbocycles. The molecular formula is C14H12BrFN2O. The minimum Gasteiger partial charge on any atom is -0.376 e. The van der Waals surface area contributed by atoms with Gasteiger partial charge in [0.1, 0.15) is 5.82 Å². The molecule has 2 rings (SSSR count). The Morgan fingerprint density at radius 2 is 1.84 bits per heavy atom. The van der Waals surface area contributed by atoms with E-state index in [9.17, 15) is 9.18 Å². The smallest absolute Gasteiger partial charge is 0.243 e. The molecule has 0 aliphatic carbocycles. The lowest BCUT2D eigenvalue weighted by Crippen LogP contribution is -2.21. The Kier molecular flexibility index (Phi) is 4.52. The summed E-state index contributed by atoms with van der Waals surface area (Å²) in [4.78, 5) is 11.7. The monoisotopic (exact) mass is 322 g/mol. The number of rotatable bonds is 4. The predicted octanol–water partition coefficient (Wildman–Crippen LogP) is 3.64. The molecule has 0 unspecified atom stereocenters. The van der Waals surface area contributed by atoms with E-state index in [1.807, 2.05) is 24.3 Å². The summed E-state index contributed by atoms with van der Waals surface area (Å²) in [5, 5.41) is 5.67. The first-order valence-electron chi connectivity index (χ1n) is 5.68. The number of amides is 1. The molecule has 0 aromatic heterocycles. The minimum absolute atomic E-state index is 0.147. The lowest BCUT2D eigenvalue weighted by atomic mass is 10.3. The van der Waals surface area contributed by atoms with Gasteiger partial charge in [-0.2, -0.15) is 0 Å². The SMILES string of the molecule is O=C(CNc1cccc(Br)c1)Nc1ccc(F)cc1. The van der Waals surface area contributed by atoms with Crippen LogP contribution >= 0.6 is 15.9 Å². The van der Waals surface area contributed by atoms with E-state index in [1.165, 1.54) is 24.3 Å². The van der Waals surface area contributed by atoms with Crippen molar-refractivity contribution in [2.24, 2.45) is 0 Å². The Bertz CT molecular complexity index is 572. The second kappa shape index (κ2) is 6.33. The molecule has 19 heavy (non-hydrogen) atoms. The predicted molar refractivity (Wildman–Crippen MR) is 77.7 cm³/mol. The van der Waals surface area contributed by atoms with Crippen LogP contribution in [0.5, 0.6) is 0 Å². The highest BCUT2D eigenvalue weighted by molar-refractivity contribution is 9.10. The Morgan fingerprint density at radius 3 is 2.53 bits per heavy atom. The standard InChI is InChI=1S/C14H12BrFN2O/c15-10-2-1-3-13(8-10)17-9-14(19)18-12-6-4-11(16)5-7-12/h1-8,17H,9H2,(H,18,19). The summed E-state index contributed by atoms with van der Waals surface area (Å²) in [6, 6.07) is 13.2. The maximum Gasteiger partial charge on any atom is 0.243 e. The normalized spacial score (nSPS) is 10.0. The number of hydrogen-bond acceptors (Lipinski definition) is 2. The summed E-state index contributed by atoms with van der Waals surface area (Å²) in [5.41, 5.74) is 1.42. The van der Waals surface area contributed by atoms with Crippen LogP contribution in [0.15, 0.2) is 53.0 Å². The van der Waals surface area contributed by atoms with E-state index in [-0.39, 0.29) is 18.3 Å². The molecule has 0 fully saturated rings. The van der Waals surface area contributed by atoms with Gasteiger partial charge < -0.3 is 10.6 Å². The first-order chi connectivity index (χ1) is 9.13. The highest BCUT2D eigenvalue weighted by atomic mass is 79.9. The molecule has 0 saturated carbocycles. The van der Waals surface area contributed by atoms with Gasteiger partial charge in [-0.15, -0.1) is 0 Å². The Morgan fingerprint density at radius 1 is 1.11 bits per heavy atom. The van der Waals surface area contributed by atoms with Crippen LogP contribution in [0.2, 0.25) is 0 Å². The maximum atomic E-state index is 12.7. The van der Waals surface area contributed by atoms with Gasteiger partial charge in [-0.25, -0.2) is 4.39 Å². The van der Waals surface area contributed by atoms with Crippen LogP contribution in [0.3, 0.4) is 0 Å². The largest absolute Gasteiger partial charge is 0.376 e. The van der Waals surface area contributed by atoms with Crippen molar-refractivity contribution in [3.63, 3.8) is 0 Å². The summed E-state index contributed by atoms with van der Waals surface area (Å²) in [6.45, 7) is 0.147. The zero-order valence-electron chi connectivity index (χ0n) is 9.99. The number of nitrogens with one attached hydrogen (secondary N) is 2. The summed E-state index contributed by atoms with van der Waals surface area (Å²) < 4.78 is 13.6. The van der Waals surface area contributed by atoms with Crippen LogP contribution in [0, 0.1) is 5.82 Å².